The van der Waals surface area contributed by atoms with Crippen molar-refractivity contribution < 1.29 is 19.0 Å². The number of carboxylic acid groups (broad SMARTS) is 1. The lowest BCUT2D eigenvalue weighted by Crippen LogP contribution is -2.17. The Kier molecular flexibility index (Phi) is 3.96. The summed E-state index contributed by atoms with van der Waals surface area (Å²) in [5, 5.41) is 12.4. The van der Waals surface area contributed by atoms with Gasteiger partial charge in [0.05, 0.1) is 17.1 Å². The lowest BCUT2D eigenvalue weighted by molar-refractivity contribution is 0.143. The van der Waals surface area contributed by atoms with Gasteiger partial charge in [-0.05, 0) is 54.2 Å². The zero-order valence-electron chi connectivity index (χ0n) is 15.8. The van der Waals surface area contributed by atoms with Crippen molar-refractivity contribution in [2.45, 2.75) is 38.9 Å². The van der Waals surface area contributed by atoms with Gasteiger partial charge in [0.2, 0.25) is 5.43 Å². The van der Waals surface area contributed by atoms with Crippen LogP contribution in [0.15, 0.2) is 35.3 Å². The Bertz CT molecular complexity index is 1240. The number of nitrogens with zero attached hydrogens (tertiary/aromatic N) is 1. The van der Waals surface area contributed by atoms with Crippen LogP contribution in [0.2, 0.25) is 0 Å². The first kappa shape index (κ1) is 17.9. The number of benzene rings is 2. The second kappa shape index (κ2) is 6.42. The molecule has 0 spiro atoms. The molecule has 3 aromatic rings. The highest BCUT2D eigenvalue weighted by atomic mass is 19.1. The lowest BCUT2D eigenvalue weighted by Gasteiger charge is -2.18. The number of fused-ring (bicyclic) bond motifs is 2. The minimum absolute atomic E-state index is 0.136. The average molecular weight is 394 g/mol. The highest BCUT2D eigenvalue weighted by molar-refractivity contribution is 5.90. The maximum absolute atomic E-state index is 15.2. The first-order valence-corrected chi connectivity index (χ1v) is 9.55. The van der Waals surface area contributed by atoms with Crippen LogP contribution in [0.25, 0.3) is 22.0 Å². The molecule has 5 rings (SSSR count). The standard InChI is InChI=1S/C22H19FN2O4/c1-11-19(12-2-3-13-8-24-9-14(13)6-12)17(23)7-16-20(11)25(15-4-5-15)10-18(21(16)26)29-22(27)28/h2-3,6-7,10,15,24H,4-5,8-9H2,1H3,(H,27,28). The van der Waals surface area contributed by atoms with Gasteiger partial charge in [-0.1, -0.05) is 12.1 Å². The number of hydrogen-bond donors (Lipinski definition) is 2. The molecule has 1 aliphatic carbocycles. The van der Waals surface area contributed by atoms with Crippen LogP contribution in [-0.4, -0.2) is 15.8 Å². The highest BCUT2D eigenvalue weighted by Gasteiger charge is 2.28. The molecule has 148 valence electrons. The number of halogens is 1. The molecule has 0 radical (unpaired) electrons. The molecule has 0 unspecified atom stereocenters. The fourth-order valence-electron chi connectivity index (χ4n) is 4.27. The third kappa shape index (κ3) is 2.89. The summed E-state index contributed by atoms with van der Waals surface area (Å²) in [6.45, 7) is 3.37. The zero-order chi connectivity index (χ0) is 20.3. The van der Waals surface area contributed by atoms with E-state index in [-0.39, 0.29) is 17.2 Å². The number of aryl methyl sites for hydroxylation is 1. The molecule has 0 bridgehead atoms. The van der Waals surface area contributed by atoms with Crippen molar-refractivity contribution in [3.8, 4) is 16.9 Å². The van der Waals surface area contributed by atoms with Crippen molar-refractivity contribution in [2.24, 2.45) is 0 Å². The normalized spacial score (nSPS) is 15.5. The summed E-state index contributed by atoms with van der Waals surface area (Å²) in [6.07, 6.45) is 1.71. The maximum atomic E-state index is 15.2. The van der Waals surface area contributed by atoms with Gasteiger partial charge in [0.1, 0.15) is 5.82 Å². The monoisotopic (exact) mass is 394 g/mol. The minimum Gasteiger partial charge on any atom is -0.449 e. The van der Waals surface area contributed by atoms with E-state index >= 15 is 4.39 Å². The second-order valence-corrected chi connectivity index (χ2v) is 7.67. The van der Waals surface area contributed by atoms with E-state index in [1.54, 1.807) is 0 Å². The summed E-state index contributed by atoms with van der Waals surface area (Å²) in [6, 6.07) is 7.26. The molecular weight excluding hydrogens is 375 g/mol. The minimum atomic E-state index is -1.57. The molecule has 6 nitrogen and oxygen atoms in total. The van der Waals surface area contributed by atoms with E-state index in [0.717, 1.165) is 37.1 Å². The Morgan fingerprint density at radius 2 is 2.00 bits per heavy atom. The van der Waals surface area contributed by atoms with E-state index in [1.807, 2.05) is 29.7 Å². The molecule has 29 heavy (non-hydrogen) atoms. The number of rotatable bonds is 3. The van der Waals surface area contributed by atoms with Gasteiger partial charge in [0, 0.05) is 24.7 Å². The van der Waals surface area contributed by atoms with Gasteiger partial charge in [-0.3, -0.25) is 4.79 Å². The van der Waals surface area contributed by atoms with Crippen molar-refractivity contribution in [1.82, 2.24) is 9.88 Å². The van der Waals surface area contributed by atoms with E-state index < -0.39 is 17.4 Å². The summed E-state index contributed by atoms with van der Waals surface area (Å²) in [5.74, 6) is -0.806. The molecule has 2 aliphatic rings. The van der Waals surface area contributed by atoms with Gasteiger partial charge < -0.3 is 19.7 Å². The van der Waals surface area contributed by atoms with Crippen LogP contribution in [0.3, 0.4) is 0 Å². The van der Waals surface area contributed by atoms with Crippen LogP contribution in [0.4, 0.5) is 9.18 Å². The topological polar surface area (TPSA) is 80.6 Å². The van der Waals surface area contributed by atoms with Crippen LogP contribution in [0.5, 0.6) is 5.75 Å². The molecule has 1 fully saturated rings. The molecule has 2 aromatic carbocycles. The fourth-order valence-corrected chi connectivity index (χ4v) is 4.27. The Hall–Kier alpha value is -3.19. The molecule has 2 N–H and O–H groups in total. The number of nitrogens with one attached hydrogen (secondary N) is 1. The molecule has 2 heterocycles. The number of ether oxygens (including phenoxy) is 1. The van der Waals surface area contributed by atoms with E-state index in [1.165, 1.54) is 17.8 Å². The maximum Gasteiger partial charge on any atom is 0.511 e. The predicted octanol–water partition coefficient (Wildman–Crippen LogP) is 4.11. The van der Waals surface area contributed by atoms with Gasteiger partial charge in [-0.15, -0.1) is 0 Å². The van der Waals surface area contributed by atoms with Crippen LogP contribution in [-0.2, 0) is 13.1 Å². The molecule has 0 atom stereocenters. The van der Waals surface area contributed by atoms with E-state index in [0.29, 0.717) is 16.6 Å². The lowest BCUT2D eigenvalue weighted by atomic mass is 9.94. The van der Waals surface area contributed by atoms with Crippen LogP contribution in [0.1, 0.15) is 35.6 Å². The Morgan fingerprint density at radius 3 is 2.72 bits per heavy atom. The van der Waals surface area contributed by atoms with Crippen LogP contribution in [0, 0.1) is 12.7 Å². The van der Waals surface area contributed by atoms with Crippen molar-refractivity contribution >= 4 is 17.1 Å². The third-order valence-corrected chi connectivity index (χ3v) is 5.74. The number of aromatic nitrogens is 1. The van der Waals surface area contributed by atoms with Crippen molar-refractivity contribution in [1.29, 1.82) is 0 Å². The largest absolute Gasteiger partial charge is 0.511 e. The SMILES string of the molecule is Cc1c(-c2ccc3c(c2)CNC3)c(F)cc2c(=O)c(OC(=O)O)cn(C3CC3)c12. The Balaban J connectivity index is 1.79. The zero-order valence-corrected chi connectivity index (χ0v) is 15.8. The van der Waals surface area contributed by atoms with Gasteiger partial charge in [0.15, 0.2) is 5.75 Å². The molecule has 1 saturated carbocycles. The fraction of sp³-hybridized carbons (Fsp3) is 0.273. The highest BCUT2D eigenvalue weighted by Crippen LogP contribution is 2.41. The van der Waals surface area contributed by atoms with Crippen molar-refractivity contribution in [3.05, 3.63) is 63.2 Å². The summed E-state index contributed by atoms with van der Waals surface area (Å²) in [4.78, 5) is 23.8. The van der Waals surface area contributed by atoms with Gasteiger partial charge in [-0.25, -0.2) is 9.18 Å². The molecule has 1 aromatic heterocycles. The van der Waals surface area contributed by atoms with E-state index in [2.05, 4.69) is 10.1 Å². The smallest absolute Gasteiger partial charge is 0.449 e. The molecule has 1 aliphatic heterocycles. The Morgan fingerprint density at radius 1 is 1.24 bits per heavy atom. The molecule has 0 amide bonds. The third-order valence-electron chi connectivity index (χ3n) is 5.74. The van der Waals surface area contributed by atoms with Gasteiger partial charge in [0.25, 0.3) is 0 Å². The molecule has 0 saturated heterocycles. The van der Waals surface area contributed by atoms with Gasteiger partial charge >= 0.3 is 6.16 Å². The van der Waals surface area contributed by atoms with E-state index in [4.69, 9.17) is 5.11 Å². The number of carbonyl (C=O) groups is 1. The number of hydrogen-bond acceptors (Lipinski definition) is 4. The predicted molar refractivity (Wildman–Crippen MR) is 106 cm³/mol. The summed E-state index contributed by atoms with van der Waals surface area (Å²) in [5.41, 5.74) is 4.26. The average Bonchev–Trinajstić information content (AvgIpc) is 3.41. The van der Waals surface area contributed by atoms with Crippen LogP contribution >= 0.6 is 0 Å². The van der Waals surface area contributed by atoms with Crippen molar-refractivity contribution in [2.75, 3.05) is 0 Å². The quantitative estimate of drug-likeness (QED) is 0.654. The number of pyridine rings is 1. The summed E-state index contributed by atoms with van der Waals surface area (Å²) >= 11 is 0. The van der Waals surface area contributed by atoms with E-state index in [9.17, 15) is 9.59 Å². The van der Waals surface area contributed by atoms with Crippen molar-refractivity contribution in [3.63, 3.8) is 0 Å². The Labute approximate surface area is 165 Å². The first-order valence-electron chi connectivity index (χ1n) is 9.55. The second-order valence-electron chi connectivity index (χ2n) is 7.67. The van der Waals surface area contributed by atoms with Crippen LogP contribution < -0.4 is 15.5 Å². The first-order chi connectivity index (χ1) is 13.9. The molecular formula is C22H19FN2O4. The summed E-state index contributed by atoms with van der Waals surface area (Å²) in [7, 11) is 0. The summed E-state index contributed by atoms with van der Waals surface area (Å²) < 4.78 is 21.8. The molecule has 7 heteroatoms. The van der Waals surface area contributed by atoms with Gasteiger partial charge in [-0.2, -0.15) is 0 Å².